The summed E-state index contributed by atoms with van der Waals surface area (Å²) in [5, 5.41) is 19.6. The number of sulfonamides is 1. The number of ketones is 1. The molecule has 12 nitrogen and oxygen atoms in total. The van der Waals surface area contributed by atoms with Gasteiger partial charge in [0.2, 0.25) is 0 Å². The van der Waals surface area contributed by atoms with Gasteiger partial charge in [0.1, 0.15) is 23.3 Å². The molecule has 0 spiro atoms. The van der Waals surface area contributed by atoms with E-state index in [9.17, 15) is 27.9 Å². The smallest absolute Gasteiger partial charge is 0.343 e. The number of aromatic nitrogens is 1. The van der Waals surface area contributed by atoms with Crippen molar-refractivity contribution < 1.29 is 32.6 Å². The minimum Gasteiger partial charge on any atom is -0.507 e. The number of nitrogens with one attached hydrogen (secondary N) is 1. The fourth-order valence-corrected chi connectivity index (χ4v) is 5.63. The number of aliphatic carboxylic acids is 1. The van der Waals surface area contributed by atoms with Gasteiger partial charge in [0.15, 0.2) is 5.03 Å². The molecule has 0 saturated heterocycles. The Morgan fingerprint density at radius 2 is 1.83 bits per heavy atom. The van der Waals surface area contributed by atoms with Gasteiger partial charge in [-0.25, -0.2) is 9.78 Å². The molecule has 7 N–H and O–H groups in total. The number of nitrogens with zero attached hydrogens (tertiary/aromatic N) is 1. The van der Waals surface area contributed by atoms with E-state index in [1.54, 1.807) is 36.4 Å². The molecule has 1 fully saturated rings. The lowest BCUT2D eigenvalue weighted by Gasteiger charge is -2.19. The van der Waals surface area contributed by atoms with Crippen LogP contribution in [0.3, 0.4) is 0 Å². The van der Waals surface area contributed by atoms with Crippen LogP contribution in [0.15, 0.2) is 69.0 Å². The summed E-state index contributed by atoms with van der Waals surface area (Å²) in [5.41, 5.74) is 11.6. The van der Waals surface area contributed by atoms with E-state index in [0.29, 0.717) is 5.56 Å². The number of carbonyl (C=O) groups excluding carboxylic acids is 1. The first-order valence-corrected chi connectivity index (χ1v) is 14.6. The Kier molecular flexibility index (Phi) is 9.21. The van der Waals surface area contributed by atoms with Crippen molar-refractivity contribution in [3.8, 4) is 5.75 Å². The summed E-state index contributed by atoms with van der Waals surface area (Å²) < 4.78 is 33.5. The molecular formula is C28H32N4O8S. The number of benzene rings is 1. The van der Waals surface area contributed by atoms with Crippen LogP contribution < -0.4 is 21.8 Å². The molecule has 1 aromatic carbocycles. The Labute approximate surface area is 236 Å². The molecule has 0 bridgehead atoms. The van der Waals surface area contributed by atoms with Crippen molar-refractivity contribution in [3.05, 3.63) is 82.0 Å². The highest BCUT2D eigenvalue weighted by Crippen LogP contribution is 2.48. The lowest BCUT2D eigenvalue weighted by molar-refractivity contribution is -0.138. The van der Waals surface area contributed by atoms with Crippen molar-refractivity contribution in [2.24, 2.45) is 17.4 Å². The molecule has 1 aliphatic carbocycles. The Bertz CT molecular complexity index is 1570. The average molecular weight is 585 g/mol. The van der Waals surface area contributed by atoms with Crippen LogP contribution in [0.2, 0.25) is 0 Å². The van der Waals surface area contributed by atoms with Crippen LogP contribution >= 0.6 is 0 Å². The van der Waals surface area contributed by atoms with E-state index < -0.39 is 39.6 Å². The standard InChI is InChI=1S/C28H32N4O8S/c29-20(22(33)12-11-21(30)27(35)36)10-9-19-15-23(34)26(28(37)40-19)25(16-7-8-16)17-4-3-5-18(14-17)32-41(38,39)24-6-1-2-13-31-24/h1-6,13-16,20-21,25,32,34H,7-12,29-30H2,(H,35,36)/t20?,21-,25?/m0/s1. The first-order chi connectivity index (χ1) is 19.5. The molecule has 2 heterocycles. The number of aromatic hydroxyl groups is 1. The SMILES string of the molecule is NC(CCc1cc(O)c(C(c2cccc(NS(=O)(=O)c3ccccn3)c2)C2CC2)c(=O)o1)C(=O)CC[C@H](N)C(=O)O. The summed E-state index contributed by atoms with van der Waals surface area (Å²) in [5.74, 6) is -2.15. The molecule has 3 atom stereocenters. The van der Waals surface area contributed by atoms with Crippen molar-refractivity contribution in [1.29, 1.82) is 0 Å². The number of rotatable bonds is 14. The Balaban J connectivity index is 1.50. The maximum Gasteiger partial charge on any atom is 0.343 e. The largest absolute Gasteiger partial charge is 0.507 e. The summed E-state index contributed by atoms with van der Waals surface area (Å²) in [6.45, 7) is 0. The van der Waals surface area contributed by atoms with Gasteiger partial charge in [-0.1, -0.05) is 18.2 Å². The van der Waals surface area contributed by atoms with Gasteiger partial charge in [0, 0.05) is 36.7 Å². The fourth-order valence-electron chi connectivity index (χ4n) is 4.63. The molecule has 41 heavy (non-hydrogen) atoms. The van der Waals surface area contributed by atoms with Crippen molar-refractivity contribution in [2.45, 2.75) is 61.6 Å². The molecule has 218 valence electrons. The number of anilines is 1. The molecule has 4 rings (SSSR count). The van der Waals surface area contributed by atoms with Gasteiger partial charge >= 0.3 is 11.6 Å². The molecular weight excluding hydrogens is 552 g/mol. The summed E-state index contributed by atoms with van der Waals surface area (Å²) in [7, 11) is -3.94. The van der Waals surface area contributed by atoms with Crippen LogP contribution in [0.5, 0.6) is 5.75 Å². The summed E-state index contributed by atoms with van der Waals surface area (Å²) >= 11 is 0. The third-order valence-corrected chi connectivity index (χ3v) is 8.26. The zero-order valence-corrected chi connectivity index (χ0v) is 22.9. The van der Waals surface area contributed by atoms with Crippen LogP contribution in [0.25, 0.3) is 0 Å². The van der Waals surface area contributed by atoms with Gasteiger partial charge in [-0.3, -0.25) is 14.3 Å². The molecule has 0 radical (unpaired) electrons. The molecule has 1 aliphatic rings. The minimum atomic E-state index is -3.94. The summed E-state index contributed by atoms with van der Waals surface area (Å²) in [4.78, 5) is 40.1. The third kappa shape index (κ3) is 7.57. The van der Waals surface area contributed by atoms with Crippen molar-refractivity contribution >= 4 is 27.5 Å². The molecule has 0 amide bonds. The van der Waals surface area contributed by atoms with Gasteiger partial charge in [0.05, 0.1) is 11.6 Å². The fraction of sp³-hybridized carbons (Fsp3) is 0.357. The topological polar surface area (TPSA) is 216 Å². The van der Waals surface area contributed by atoms with Gasteiger partial charge in [0.25, 0.3) is 10.0 Å². The maximum atomic E-state index is 13.1. The van der Waals surface area contributed by atoms with Crippen LogP contribution in [-0.2, 0) is 26.0 Å². The number of Topliss-reactive ketones (excluding diaryl/α,β-unsaturated/α-hetero) is 1. The molecule has 1 saturated carbocycles. The van der Waals surface area contributed by atoms with Crippen LogP contribution in [0, 0.1) is 5.92 Å². The van der Waals surface area contributed by atoms with Crippen molar-refractivity contribution in [3.63, 3.8) is 0 Å². The predicted octanol–water partition coefficient (Wildman–Crippen LogP) is 2.10. The lowest BCUT2D eigenvalue weighted by atomic mass is 9.87. The van der Waals surface area contributed by atoms with Crippen LogP contribution in [-0.4, -0.2) is 47.5 Å². The zero-order chi connectivity index (χ0) is 29.7. The number of nitrogens with two attached hydrogens (primary N) is 2. The Hall–Kier alpha value is -4.07. The van der Waals surface area contributed by atoms with Gasteiger partial charge in [-0.2, -0.15) is 8.42 Å². The number of carboxylic acid groups (broad SMARTS) is 1. The number of hydrogen-bond acceptors (Lipinski definition) is 10. The summed E-state index contributed by atoms with van der Waals surface area (Å²) in [6, 6.07) is 10.4. The Morgan fingerprint density at radius 3 is 2.46 bits per heavy atom. The second-order valence-electron chi connectivity index (χ2n) is 10.1. The Morgan fingerprint density at radius 1 is 1.07 bits per heavy atom. The normalized spacial score (nSPS) is 15.6. The maximum absolute atomic E-state index is 13.1. The third-order valence-electron chi connectivity index (χ3n) is 6.97. The van der Waals surface area contributed by atoms with E-state index in [-0.39, 0.29) is 65.2 Å². The quantitative estimate of drug-likeness (QED) is 0.185. The first kappa shape index (κ1) is 29.9. The van der Waals surface area contributed by atoms with E-state index in [2.05, 4.69) is 9.71 Å². The van der Waals surface area contributed by atoms with E-state index >= 15 is 0 Å². The number of aryl methyl sites for hydroxylation is 1. The van der Waals surface area contributed by atoms with E-state index in [1.807, 2.05) is 0 Å². The van der Waals surface area contributed by atoms with E-state index in [0.717, 1.165) is 12.8 Å². The second kappa shape index (κ2) is 12.6. The van der Waals surface area contributed by atoms with Gasteiger partial charge < -0.3 is 26.1 Å². The van der Waals surface area contributed by atoms with E-state index in [1.165, 1.54) is 18.3 Å². The molecule has 2 unspecified atom stereocenters. The van der Waals surface area contributed by atoms with Crippen molar-refractivity contribution in [2.75, 3.05) is 4.72 Å². The molecule has 13 heteroatoms. The minimum absolute atomic E-state index is 0.0409. The molecule has 3 aromatic rings. The number of pyridine rings is 1. The lowest BCUT2D eigenvalue weighted by Crippen LogP contribution is -2.35. The first-order valence-electron chi connectivity index (χ1n) is 13.1. The predicted molar refractivity (Wildman–Crippen MR) is 149 cm³/mol. The van der Waals surface area contributed by atoms with Gasteiger partial charge in [-0.15, -0.1) is 0 Å². The molecule has 0 aliphatic heterocycles. The highest BCUT2D eigenvalue weighted by atomic mass is 32.2. The number of carboxylic acids is 1. The monoisotopic (exact) mass is 584 g/mol. The highest BCUT2D eigenvalue weighted by molar-refractivity contribution is 7.92. The van der Waals surface area contributed by atoms with Crippen molar-refractivity contribution in [1.82, 2.24) is 4.98 Å². The molecule has 2 aromatic heterocycles. The summed E-state index contributed by atoms with van der Waals surface area (Å²) in [6.07, 6.45) is 3.09. The van der Waals surface area contributed by atoms with Crippen LogP contribution in [0.4, 0.5) is 5.69 Å². The highest BCUT2D eigenvalue weighted by Gasteiger charge is 2.37. The van der Waals surface area contributed by atoms with E-state index in [4.69, 9.17) is 21.0 Å². The zero-order valence-electron chi connectivity index (χ0n) is 22.1. The second-order valence-corrected chi connectivity index (χ2v) is 11.7. The number of hydrogen-bond donors (Lipinski definition) is 5. The average Bonchev–Trinajstić information content (AvgIpc) is 3.77. The number of carbonyl (C=O) groups is 2. The van der Waals surface area contributed by atoms with Crippen LogP contribution in [0.1, 0.15) is 54.9 Å². The van der Waals surface area contributed by atoms with Gasteiger partial charge in [-0.05, 0) is 61.4 Å².